The van der Waals surface area contributed by atoms with Crippen molar-refractivity contribution in [2.24, 2.45) is 0 Å². The van der Waals surface area contributed by atoms with Gasteiger partial charge in [-0.15, -0.1) is 11.8 Å². The van der Waals surface area contributed by atoms with Crippen LogP contribution in [0.4, 0.5) is 0 Å². The van der Waals surface area contributed by atoms with Crippen LogP contribution in [-0.2, 0) is 4.79 Å². The first kappa shape index (κ1) is 12.3. The Balaban J connectivity index is 3.16. The first-order chi connectivity index (χ1) is 6.31. The summed E-state index contributed by atoms with van der Waals surface area (Å²) in [4.78, 5) is 11.0. The lowest BCUT2D eigenvalue weighted by atomic mass is 10.3. The highest BCUT2D eigenvalue weighted by molar-refractivity contribution is 8.00. The number of nitrogens with zero attached hydrogens (tertiary/aromatic N) is 1. The van der Waals surface area contributed by atoms with Crippen LogP contribution >= 0.6 is 11.8 Å². The number of aliphatic hydroxyl groups is 1. The van der Waals surface area contributed by atoms with Crippen molar-refractivity contribution in [3.05, 3.63) is 0 Å². The molecule has 0 aromatic rings. The molecule has 5 heteroatoms. The maximum absolute atomic E-state index is 11.0. The molecular formula is C8H14N2O2S. The summed E-state index contributed by atoms with van der Waals surface area (Å²) in [7, 11) is 0. The summed E-state index contributed by atoms with van der Waals surface area (Å²) in [5, 5.41) is 19.3. The molecule has 0 saturated carbocycles. The molecule has 0 radical (unpaired) electrons. The van der Waals surface area contributed by atoms with E-state index in [4.69, 9.17) is 10.4 Å². The van der Waals surface area contributed by atoms with Gasteiger partial charge in [0.05, 0.1) is 17.6 Å². The molecule has 0 heterocycles. The molecule has 0 aliphatic heterocycles. The molecule has 2 N–H and O–H groups in total. The summed E-state index contributed by atoms with van der Waals surface area (Å²) in [6.45, 7) is 0.769. The van der Waals surface area contributed by atoms with E-state index in [-0.39, 0.29) is 12.5 Å². The molecule has 0 saturated heterocycles. The normalized spacial score (nSPS) is 9.23. The van der Waals surface area contributed by atoms with Crippen molar-refractivity contribution >= 4 is 17.7 Å². The van der Waals surface area contributed by atoms with Gasteiger partial charge in [0, 0.05) is 13.2 Å². The van der Waals surface area contributed by atoms with E-state index in [1.807, 2.05) is 6.07 Å². The molecule has 0 aliphatic carbocycles. The van der Waals surface area contributed by atoms with E-state index in [1.54, 1.807) is 0 Å². The monoisotopic (exact) mass is 202 g/mol. The molecule has 13 heavy (non-hydrogen) atoms. The summed E-state index contributed by atoms with van der Waals surface area (Å²) in [5.74, 6) is 0.648. The third-order valence-electron chi connectivity index (χ3n) is 1.31. The van der Waals surface area contributed by atoms with Crippen LogP contribution in [0.15, 0.2) is 0 Å². The summed E-state index contributed by atoms with van der Waals surface area (Å²) >= 11 is 1.30. The molecule has 0 aromatic heterocycles. The lowest BCUT2D eigenvalue weighted by molar-refractivity contribution is -0.118. The largest absolute Gasteiger partial charge is 0.396 e. The minimum atomic E-state index is -0.0433. The van der Waals surface area contributed by atoms with Gasteiger partial charge in [0.2, 0.25) is 5.91 Å². The van der Waals surface area contributed by atoms with Crippen molar-refractivity contribution in [3.8, 4) is 6.07 Å². The van der Waals surface area contributed by atoms with Gasteiger partial charge in [-0.05, 0) is 12.8 Å². The number of amides is 1. The molecule has 0 aliphatic rings. The van der Waals surface area contributed by atoms with Gasteiger partial charge >= 0.3 is 0 Å². The number of nitrogens with one attached hydrogen (secondary N) is 1. The zero-order valence-electron chi connectivity index (χ0n) is 7.45. The maximum Gasteiger partial charge on any atom is 0.230 e. The van der Waals surface area contributed by atoms with E-state index in [0.717, 1.165) is 6.42 Å². The summed E-state index contributed by atoms with van der Waals surface area (Å²) in [6, 6.07) is 1.95. The van der Waals surface area contributed by atoms with Gasteiger partial charge in [-0.3, -0.25) is 4.79 Å². The van der Waals surface area contributed by atoms with Crippen LogP contribution < -0.4 is 5.32 Å². The van der Waals surface area contributed by atoms with Crippen molar-refractivity contribution in [2.45, 2.75) is 12.8 Å². The van der Waals surface area contributed by atoms with Gasteiger partial charge in [-0.25, -0.2) is 0 Å². The molecule has 0 bridgehead atoms. The Kier molecular flexibility index (Phi) is 8.83. The topological polar surface area (TPSA) is 73.1 Å². The Morgan fingerprint density at radius 3 is 2.92 bits per heavy atom. The summed E-state index contributed by atoms with van der Waals surface area (Å²) in [5.41, 5.74) is 0. The number of thioether (sulfide) groups is 1. The van der Waals surface area contributed by atoms with Crippen LogP contribution in [0, 0.1) is 11.3 Å². The number of hydrogen-bond acceptors (Lipinski definition) is 4. The molecule has 1 amide bonds. The molecular weight excluding hydrogens is 188 g/mol. The number of rotatable bonds is 7. The molecule has 0 aromatic carbocycles. The summed E-state index contributed by atoms with van der Waals surface area (Å²) in [6.07, 6.45) is 1.51. The Bertz CT molecular complexity index is 179. The first-order valence-corrected chi connectivity index (χ1v) is 5.29. The second-order valence-electron chi connectivity index (χ2n) is 2.43. The molecule has 4 nitrogen and oxygen atoms in total. The fourth-order valence-corrected chi connectivity index (χ4v) is 1.19. The average molecular weight is 202 g/mol. The number of unbranched alkanes of at least 4 members (excludes halogenated alkanes) is 1. The van der Waals surface area contributed by atoms with Crippen LogP contribution in [0.2, 0.25) is 0 Å². The van der Waals surface area contributed by atoms with Gasteiger partial charge in [0.1, 0.15) is 0 Å². The van der Waals surface area contributed by atoms with Gasteiger partial charge in [-0.2, -0.15) is 5.26 Å². The van der Waals surface area contributed by atoms with Crippen LogP contribution in [0.1, 0.15) is 12.8 Å². The smallest absolute Gasteiger partial charge is 0.230 e. The Hall–Kier alpha value is -0.730. The molecule has 0 fully saturated rings. The predicted molar refractivity (Wildman–Crippen MR) is 52.3 cm³/mol. The molecule has 0 unspecified atom stereocenters. The SMILES string of the molecule is N#CCSCC(=O)NCCCCO. The lowest BCUT2D eigenvalue weighted by Crippen LogP contribution is -2.26. The van der Waals surface area contributed by atoms with Gasteiger partial charge in [0.25, 0.3) is 0 Å². The first-order valence-electron chi connectivity index (χ1n) is 4.13. The fraction of sp³-hybridized carbons (Fsp3) is 0.750. The van der Waals surface area contributed by atoms with E-state index in [2.05, 4.69) is 5.32 Å². The van der Waals surface area contributed by atoms with Crippen molar-refractivity contribution in [1.82, 2.24) is 5.32 Å². The second kappa shape index (κ2) is 9.36. The van der Waals surface area contributed by atoms with Crippen LogP contribution in [0.25, 0.3) is 0 Å². The Morgan fingerprint density at radius 2 is 2.31 bits per heavy atom. The quantitative estimate of drug-likeness (QED) is 0.576. The number of carbonyl (C=O) groups excluding carboxylic acids is 1. The number of hydrogen-bond donors (Lipinski definition) is 2. The molecule has 74 valence electrons. The standard InChI is InChI=1S/C8H14N2O2S/c9-3-6-13-7-8(12)10-4-1-2-5-11/h11H,1-2,4-7H2,(H,10,12). The predicted octanol–water partition coefficient (Wildman–Crippen LogP) is 0.132. The van der Waals surface area contributed by atoms with Crippen molar-refractivity contribution in [2.75, 3.05) is 24.7 Å². The highest BCUT2D eigenvalue weighted by Crippen LogP contribution is 1.96. The van der Waals surface area contributed by atoms with Crippen molar-refractivity contribution in [3.63, 3.8) is 0 Å². The third kappa shape index (κ3) is 9.18. The van der Waals surface area contributed by atoms with Crippen LogP contribution in [0.3, 0.4) is 0 Å². The van der Waals surface area contributed by atoms with Crippen molar-refractivity contribution in [1.29, 1.82) is 5.26 Å². The van der Waals surface area contributed by atoms with Crippen LogP contribution in [0.5, 0.6) is 0 Å². The van der Waals surface area contributed by atoms with E-state index in [9.17, 15) is 4.79 Å². The fourth-order valence-electron chi connectivity index (χ4n) is 0.705. The third-order valence-corrected chi connectivity index (χ3v) is 2.11. The summed E-state index contributed by atoms with van der Waals surface area (Å²) < 4.78 is 0. The number of nitriles is 1. The van der Waals surface area contributed by atoms with Gasteiger partial charge in [0.15, 0.2) is 0 Å². The van der Waals surface area contributed by atoms with E-state index in [1.165, 1.54) is 11.8 Å². The second-order valence-corrected chi connectivity index (χ2v) is 3.42. The average Bonchev–Trinajstić information content (AvgIpc) is 2.13. The van der Waals surface area contributed by atoms with E-state index < -0.39 is 0 Å². The van der Waals surface area contributed by atoms with E-state index >= 15 is 0 Å². The van der Waals surface area contributed by atoms with Gasteiger partial charge < -0.3 is 10.4 Å². The van der Waals surface area contributed by atoms with E-state index in [0.29, 0.717) is 24.5 Å². The number of carbonyl (C=O) groups is 1. The highest BCUT2D eigenvalue weighted by Gasteiger charge is 1.99. The molecule has 0 atom stereocenters. The minimum Gasteiger partial charge on any atom is -0.396 e. The highest BCUT2D eigenvalue weighted by atomic mass is 32.2. The Labute approximate surface area is 82.3 Å². The zero-order valence-corrected chi connectivity index (χ0v) is 8.27. The maximum atomic E-state index is 11.0. The van der Waals surface area contributed by atoms with Gasteiger partial charge in [-0.1, -0.05) is 0 Å². The lowest BCUT2D eigenvalue weighted by Gasteiger charge is -2.02. The van der Waals surface area contributed by atoms with Crippen molar-refractivity contribution < 1.29 is 9.90 Å². The molecule has 0 spiro atoms. The Morgan fingerprint density at radius 1 is 1.54 bits per heavy atom. The molecule has 0 rings (SSSR count). The van der Waals surface area contributed by atoms with Crippen LogP contribution in [-0.4, -0.2) is 35.7 Å². The minimum absolute atomic E-state index is 0.0433. The number of aliphatic hydroxyl groups excluding tert-OH is 1. The zero-order chi connectivity index (χ0) is 9.94.